The molecule has 0 radical (unpaired) electrons. The van der Waals surface area contributed by atoms with Crippen molar-refractivity contribution in [3.05, 3.63) is 80.9 Å². The molecule has 4 nitrogen and oxygen atoms in total. The van der Waals surface area contributed by atoms with Gasteiger partial charge in [0.25, 0.3) is 5.69 Å². The number of hydrogen-bond donors (Lipinski definition) is 1. The normalized spacial score (nSPS) is 24.7. The van der Waals surface area contributed by atoms with Crippen LogP contribution in [0.1, 0.15) is 29.5 Å². The highest BCUT2D eigenvalue weighted by Gasteiger charge is 2.38. The van der Waals surface area contributed by atoms with Gasteiger partial charge in [-0.2, -0.15) is 0 Å². The zero-order valence-corrected chi connectivity index (χ0v) is 13.0. The molecular formula is C18H15ClN2O2. The summed E-state index contributed by atoms with van der Waals surface area (Å²) in [7, 11) is 0. The Kier molecular flexibility index (Phi) is 3.34. The Morgan fingerprint density at radius 3 is 2.91 bits per heavy atom. The molecule has 2 aromatic carbocycles. The molecule has 0 spiro atoms. The first-order chi connectivity index (χ1) is 11.1. The number of nitro benzene ring substituents is 1. The summed E-state index contributed by atoms with van der Waals surface area (Å²) in [5.41, 5.74) is 3.35. The van der Waals surface area contributed by atoms with Crippen molar-refractivity contribution < 1.29 is 4.92 Å². The van der Waals surface area contributed by atoms with Crippen LogP contribution in [0.15, 0.2) is 54.6 Å². The van der Waals surface area contributed by atoms with Gasteiger partial charge in [0.2, 0.25) is 0 Å². The van der Waals surface area contributed by atoms with Crippen molar-refractivity contribution in [3.63, 3.8) is 0 Å². The molecule has 2 aliphatic rings. The van der Waals surface area contributed by atoms with Crippen molar-refractivity contribution in [2.45, 2.75) is 18.4 Å². The number of nitro groups is 1. The molecule has 0 amide bonds. The molecule has 0 aromatic heterocycles. The van der Waals surface area contributed by atoms with Crippen molar-refractivity contribution in [1.29, 1.82) is 0 Å². The van der Waals surface area contributed by atoms with E-state index in [1.165, 1.54) is 11.6 Å². The number of halogens is 1. The minimum absolute atomic E-state index is 0.0589. The van der Waals surface area contributed by atoms with E-state index >= 15 is 0 Å². The third-order valence-electron chi connectivity index (χ3n) is 4.76. The Hall–Kier alpha value is -2.33. The van der Waals surface area contributed by atoms with Gasteiger partial charge in [0.05, 0.1) is 11.0 Å². The Bertz CT molecular complexity index is 818. The van der Waals surface area contributed by atoms with Crippen LogP contribution < -0.4 is 5.32 Å². The number of rotatable bonds is 2. The lowest BCUT2D eigenvalue weighted by molar-refractivity contribution is -0.384. The second-order valence-electron chi connectivity index (χ2n) is 6.06. The summed E-state index contributed by atoms with van der Waals surface area (Å²) in [5, 5.41) is 15.3. The zero-order valence-electron chi connectivity index (χ0n) is 12.3. The summed E-state index contributed by atoms with van der Waals surface area (Å²) < 4.78 is 0. The molecular weight excluding hydrogens is 312 g/mol. The maximum absolute atomic E-state index is 11.1. The highest BCUT2D eigenvalue weighted by Crippen LogP contribution is 2.50. The number of nitrogens with zero attached hydrogens (tertiary/aromatic N) is 1. The van der Waals surface area contributed by atoms with E-state index in [-0.39, 0.29) is 16.7 Å². The van der Waals surface area contributed by atoms with Gasteiger partial charge in [-0.3, -0.25) is 10.1 Å². The van der Waals surface area contributed by atoms with Crippen molar-refractivity contribution in [2.24, 2.45) is 5.92 Å². The van der Waals surface area contributed by atoms with Crippen molar-refractivity contribution in [1.82, 2.24) is 0 Å². The largest absolute Gasteiger partial charge is 0.378 e. The summed E-state index contributed by atoms with van der Waals surface area (Å²) in [4.78, 5) is 10.7. The monoisotopic (exact) mass is 326 g/mol. The summed E-state index contributed by atoms with van der Waals surface area (Å²) in [6.45, 7) is 0. The van der Waals surface area contributed by atoms with Gasteiger partial charge in [0.1, 0.15) is 0 Å². The van der Waals surface area contributed by atoms with Crippen LogP contribution in [0, 0.1) is 16.0 Å². The topological polar surface area (TPSA) is 55.2 Å². The standard InChI is InChI=1S/C18H15ClN2O2/c19-12-7-8-17-16(10-12)14-5-2-6-15(14)18(20-17)11-3-1-4-13(9-11)21(22)23/h1-5,7-10,14-15,18,20H,6H2/t14-,15-,18+/m0/s1. The van der Waals surface area contributed by atoms with Gasteiger partial charge in [0.15, 0.2) is 0 Å². The average Bonchev–Trinajstić information content (AvgIpc) is 3.04. The number of fused-ring (bicyclic) bond motifs is 3. The fourth-order valence-corrected chi connectivity index (χ4v) is 3.91. The molecule has 23 heavy (non-hydrogen) atoms. The van der Waals surface area contributed by atoms with E-state index in [1.54, 1.807) is 12.1 Å². The molecule has 0 fully saturated rings. The number of non-ortho nitro benzene ring substituents is 1. The van der Waals surface area contributed by atoms with Gasteiger partial charge in [0, 0.05) is 28.8 Å². The minimum Gasteiger partial charge on any atom is -0.378 e. The number of hydrogen-bond acceptors (Lipinski definition) is 3. The summed E-state index contributed by atoms with van der Waals surface area (Å²) in [6.07, 6.45) is 5.37. The van der Waals surface area contributed by atoms with E-state index in [2.05, 4.69) is 17.5 Å². The minimum atomic E-state index is -0.343. The maximum atomic E-state index is 11.1. The quantitative estimate of drug-likeness (QED) is 0.476. The fourth-order valence-electron chi connectivity index (χ4n) is 3.73. The number of benzene rings is 2. The summed E-state index contributed by atoms with van der Waals surface area (Å²) in [6, 6.07) is 12.9. The van der Waals surface area contributed by atoms with Gasteiger partial charge in [-0.25, -0.2) is 0 Å². The predicted molar refractivity (Wildman–Crippen MR) is 90.9 cm³/mol. The van der Waals surface area contributed by atoms with Gasteiger partial charge in [-0.15, -0.1) is 0 Å². The third kappa shape index (κ3) is 2.39. The van der Waals surface area contributed by atoms with E-state index in [1.807, 2.05) is 24.3 Å². The third-order valence-corrected chi connectivity index (χ3v) is 5.00. The van der Waals surface area contributed by atoms with Crippen LogP contribution in [0.4, 0.5) is 11.4 Å². The lowest BCUT2D eigenvalue weighted by Crippen LogP contribution is -2.29. The highest BCUT2D eigenvalue weighted by molar-refractivity contribution is 6.30. The van der Waals surface area contributed by atoms with Crippen LogP contribution in [-0.4, -0.2) is 4.92 Å². The maximum Gasteiger partial charge on any atom is 0.269 e. The zero-order chi connectivity index (χ0) is 16.0. The molecule has 2 aromatic rings. The molecule has 4 rings (SSSR count). The molecule has 0 bridgehead atoms. The predicted octanol–water partition coefficient (Wildman–Crippen LogP) is 5.07. The van der Waals surface area contributed by atoms with Crippen LogP contribution in [0.3, 0.4) is 0 Å². The first-order valence-corrected chi connectivity index (χ1v) is 7.98. The van der Waals surface area contributed by atoms with Crippen molar-refractivity contribution in [3.8, 4) is 0 Å². The Labute approximate surface area is 138 Å². The SMILES string of the molecule is O=[N+]([O-])c1cccc([C@H]2Nc3ccc(Cl)cc3[C@H]3C=CC[C@@H]32)c1. The fraction of sp³-hybridized carbons (Fsp3) is 0.222. The molecule has 0 saturated carbocycles. The van der Waals surface area contributed by atoms with Gasteiger partial charge < -0.3 is 5.32 Å². The lowest BCUT2D eigenvalue weighted by atomic mass is 9.77. The van der Waals surface area contributed by atoms with Crippen molar-refractivity contribution in [2.75, 3.05) is 5.32 Å². The van der Waals surface area contributed by atoms with Gasteiger partial charge in [-0.05, 0) is 41.7 Å². The molecule has 5 heteroatoms. The second-order valence-corrected chi connectivity index (χ2v) is 6.50. The smallest absolute Gasteiger partial charge is 0.269 e. The number of anilines is 1. The van der Waals surface area contributed by atoms with E-state index in [0.29, 0.717) is 11.8 Å². The van der Waals surface area contributed by atoms with Crippen LogP contribution in [-0.2, 0) is 0 Å². The summed E-state index contributed by atoms with van der Waals surface area (Å²) >= 11 is 6.15. The highest BCUT2D eigenvalue weighted by atomic mass is 35.5. The van der Waals surface area contributed by atoms with Crippen LogP contribution in [0.2, 0.25) is 5.02 Å². The van der Waals surface area contributed by atoms with Crippen molar-refractivity contribution >= 4 is 23.0 Å². The lowest BCUT2D eigenvalue weighted by Gasteiger charge is -2.37. The molecule has 3 atom stereocenters. The second kappa shape index (κ2) is 5.39. The average molecular weight is 327 g/mol. The van der Waals surface area contributed by atoms with E-state index in [4.69, 9.17) is 11.6 Å². The summed E-state index contributed by atoms with van der Waals surface area (Å²) in [5.74, 6) is 0.650. The molecule has 0 saturated heterocycles. The van der Waals surface area contributed by atoms with Gasteiger partial charge in [-0.1, -0.05) is 35.9 Å². The first kappa shape index (κ1) is 14.3. The van der Waals surface area contributed by atoms with Crippen LogP contribution in [0.5, 0.6) is 0 Å². The van der Waals surface area contributed by atoms with Crippen LogP contribution in [0.25, 0.3) is 0 Å². The Morgan fingerprint density at radius 2 is 2.09 bits per heavy atom. The Balaban J connectivity index is 1.78. The number of allylic oxidation sites excluding steroid dienone is 2. The Morgan fingerprint density at radius 1 is 1.22 bits per heavy atom. The molecule has 0 unspecified atom stereocenters. The molecule has 1 aliphatic carbocycles. The first-order valence-electron chi connectivity index (χ1n) is 7.60. The molecule has 1 heterocycles. The van der Waals surface area contributed by atoms with E-state index in [0.717, 1.165) is 22.7 Å². The molecule has 116 valence electrons. The molecule has 1 N–H and O–H groups in total. The van der Waals surface area contributed by atoms with E-state index in [9.17, 15) is 10.1 Å². The number of nitrogens with one attached hydrogen (secondary N) is 1. The molecule has 1 aliphatic heterocycles. The van der Waals surface area contributed by atoms with Gasteiger partial charge >= 0.3 is 0 Å². The van der Waals surface area contributed by atoms with E-state index < -0.39 is 0 Å². The van der Waals surface area contributed by atoms with Crippen LogP contribution >= 0.6 is 11.6 Å².